The second-order valence-corrected chi connectivity index (χ2v) is 7.78. The molecule has 4 rings (SSSR count). The highest BCUT2D eigenvalue weighted by Gasteiger charge is 2.36. The van der Waals surface area contributed by atoms with Crippen LogP contribution in [0.5, 0.6) is 11.5 Å². The summed E-state index contributed by atoms with van der Waals surface area (Å²) in [5.41, 5.74) is 7.64. The summed E-state index contributed by atoms with van der Waals surface area (Å²) in [6, 6.07) is 18.0. The highest BCUT2D eigenvalue weighted by molar-refractivity contribution is 5.94. The normalized spacial score (nSPS) is 23.9. The van der Waals surface area contributed by atoms with Crippen LogP contribution in [0.25, 0.3) is 0 Å². The van der Waals surface area contributed by atoms with E-state index < -0.39 is 0 Å². The van der Waals surface area contributed by atoms with E-state index in [1.165, 1.54) is 0 Å². The predicted octanol–water partition coefficient (Wildman–Crippen LogP) is 2.86. The van der Waals surface area contributed by atoms with Gasteiger partial charge in [0, 0.05) is 30.7 Å². The average Bonchev–Trinajstić information content (AvgIpc) is 3.44. The highest BCUT2D eigenvalue weighted by Crippen LogP contribution is 2.28. The lowest BCUT2D eigenvalue weighted by Gasteiger charge is -2.20. The van der Waals surface area contributed by atoms with E-state index in [0.29, 0.717) is 24.6 Å². The number of amides is 1. The highest BCUT2D eigenvalue weighted by atomic mass is 16.5. The van der Waals surface area contributed by atoms with Crippen molar-refractivity contribution in [2.75, 3.05) is 26.8 Å². The number of carbonyl (C=O) groups is 1. The van der Waals surface area contributed by atoms with Crippen LogP contribution < -0.4 is 20.3 Å². The summed E-state index contributed by atoms with van der Waals surface area (Å²) >= 11 is 0. The van der Waals surface area contributed by atoms with Crippen molar-refractivity contribution in [3.63, 3.8) is 0 Å². The van der Waals surface area contributed by atoms with Crippen molar-refractivity contribution >= 4 is 5.91 Å². The zero-order valence-corrected chi connectivity index (χ0v) is 16.8. The Kier molecular flexibility index (Phi) is 6.32. The fraction of sp³-hybridized carbons (Fsp3) is 0.435. The van der Waals surface area contributed by atoms with E-state index in [-0.39, 0.29) is 5.91 Å². The number of hydrogen-bond acceptors (Lipinski definition) is 5. The SMILES string of the molecule is COc1ccccc1OCCC1CC(C2CCN(C(=O)c3ccccc3)C2)NN1. The fourth-order valence-corrected chi connectivity index (χ4v) is 4.26. The van der Waals surface area contributed by atoms with E-state index in [1.807, 2.05) is 59.5 Å². The lowest BCUT2D eigenvalue weighted by molar-refractivity contribution is 0.0784. The average molecular weight is 396 g/mol. The van der Waals surface area contributed by atoms with Gasteiger partial charge in [-0.25, -0.2) is 0 Å². The molecule has 2 saturated heterocycles. The van der Waals surface area contributed by atoms with Crippen molar-refractivity contribution in [3.8, 4) is 11.5 Å². The number of para-hydroxylation sites is 2. The summed E-state index contributed by atoms with van der Waals surface area (Å²) in [6.45, 7) is 2.28. The molecule has 29 heavy (non-hydrogen) atoms. The molecular weight excluding hydrogens is 366 g/mol. The van der Waals surface area contributed by atoms with Crippen LogP contribution in [0, 0.1) is 5.92 Å². The molecule has 6 nitrogen and oxygen atoms in total. The van der Waals surface area contributed by atoms with Crippen molar-refractivity contribution in [2.24, 2.45) is 5.92 Å². The third kappa shape index (κ3) is 4.71. The number of benzene rings is 2. The van der Waals surface area contributed by atoms with Gasteiger partial charge in [-0.1, -0.05) is 30.3 Å². The van der Waals surface area contributed by atoms with Gasteiger partial charge < -0.3 is 14.4 Å². The van der Waals surface area contributed by atoms with Crippen LogP contribution in [0.2, 0.25) is 0 Å². The molecule has 6 heteroatoms. The Morgan fingerprint density at radius 3 is 2.62 bits per heavy atom. The first-order valence-corrected chi connectivity index (χ1v) is 10.4. The maximum Gasteiger partial charge on any atom is 0.253 e. The Bertz CT molecular complexity index is 814. The van der Waals surface area contributed by atoms with Crippen molar-refractivity contribution in [3.05, 3.63) is 60.2 Å². The van der Waals surface area contributed by atoms with Crippen molar-refractivity contribution in [1.82, 2.24) is 15.8 Å². The predicted molar refractivity (Wildman–Crippen MR) is 112 cm³/mol. The summed E-state index contributed by atoms with van der Waals surface area (Å²) in [5.74, 6) is 2.16. The van der Waals surface area contributed by atoms with E-state index in [4.69, 9.17) is 9.47 Å². The molecule has 0 aliphatic carbocycles. The lowest BCUT2D eigenvalue weighted by Crippen LogP contribution is -2.39. The number of nitrogens with one attached hydrogen (secondary N) is 2. The largest absolute Gasteiger partial charge is 0.493 e. The Balaban J connectivity index is 1.22. The minimum atomic E-state index is 0.140. The van der Waals surface area contributed by atoms with Crippen LogP contribution >= 0.6 is 0 Å². The molecule has 3 unspecified atom stereocenters. The van der Waals surface area contributed by atoms with Crippen molar-refractivity contribution < 1.29 is 14.3 Å². The van der Waals surface area contributed by atoms with E-state index in [0.717, 1.165) is 49.4 Å². The van der Waals surface area contributed by atoms with Gasteiger partial charge in [-0.15, -0.1) is 0 Å². The van der Waals surface area contributed by atoms with E-state index in [9.17, 15) is 4.79 Å². The number of hydrazine groups is 1. The monoisotopic (exact) mass is 395 g/mol. The van der Waals surface area contributed by atoms with Gasteiger partial charge in [-0.2, -0.15) is 0 Å². The Morgan fingerprint density at radius 1 is 1.07 bits per heavy atom. The van der Waals surface area contributed by atoms with Crippen LogP contribution in [0.3, 0.4) is 0 Å². The van der Waals surface area contributed by atoms with Gasteiger partial charge in [0.15, 0.2) is 11.5 Å². The Morgan fingerprint density at radius 2 is 1.83 bits per heavy atom. The molecule has 0 spiro atoms. The first kappa shape index (κ1) is 19.7. The summed E-state index contributed by atoms with van der Waals surface area (Å²) in [7, 11) is 1.66. The smallest absolute Gasteiger partial charge is 0.253 e. The maximum absolute atomic E-state index is 12.7. The number of carbonyl (C=O) groups excluding carboxylic acids is 1. The minimum absolute atomic E-state index is 0.140. The zero-order chi connectivity index (χ0) is 20.1. The van der Waals surface area contributed by atoms with Gasteiger partial charge in [0.05, 0.1) is 13.7 Å². The van der Waals surface area contributed by atoms with E-state index in [2.05, 4.69) is 10.9 Å². The molecule has 3 atom stereocenters. The van der Waals surface area contributed by atoms with Crippen LogP contribution in [-0.2, 0) is 0 Å². The number of ether oxygens (including phenoxy) is 2. The molecule has 2 aromatic rings. The number of likely N-dealkylation sites (tertiary alicyclic amines) is 1. The molecule has 0 saturated carbocycles. The summed E-state index contributed by atoms with van der Waals surface area (Å²) < 4.78 is 11.2. The summed E-state index contributed by atoms with van der Waals surface area (Å²) in [4.78, 5) is 14.6. The number of methoxy groups -OCH3 is 1. The maximum atomic E-state index is 12.7. The van der Waals surface area contributed by atoms with Gasteiger partial charge in [-0.3, -0.25) is 15.6 Å². The first-order chi connectivity index (χ1) is 14.2. The number of rotatable bonds is 7. The third-order valence-electron chi connectivity index (χ3n) is 5.91. The van der Waals surface area contributed by atoms with Crippen LogP contribution in [0.15, 0.2) is 54.6 Å². The lowest BCUT2D eigenvalue weighted by atomic mass is 9.94. The molecule has 0 aromatic heterocycles. The first-order valence-electron chi connectivity index (χ1n) is 10.4. The summed E-state index contributed by atoms with van der Waals surface area (Å²) in [5, 5.41) is 0. The molecular formula is C23H29N3O3. The molecule has 2 heterocycles. The molecule has 0 bridgehead atoms. The number of hydrogen-bond donors (Lipinski definition) is 2. The molecule has 154 valence electrons. The summed E-state index contributed by atoms with van der Waals surface area (Å²) in [6.07, 6.45) is 3.01. The van der Waals surface area contributed by atoms with E-state index >= 15 is 0 Å². The van der Waals surface area contributed by atoms with Crippen molar-refractivity contribution in [1.29, 1.82) is 0 Å². The van der Waals surface area contributed by atoms with Crippen LogP contribution in [0.4, 0.5) is 0 Å². The zero-order valence-electron chi connectivity index (χ0n) is 16.8. The third-order valence-corrected chi connectivity index (χ3v) is 5.91. The topological polar surface area (TPSA) is 62.8 Å². The van der Waals surface area contributed by atoms with Crippen LogP contribution in [0.1, 0.15) is 29.6 Å². The molecule has 1 amide bonds. The standard InChI is InChI=1S/C23H29N3O3/c1-28-21-9-5-6-10-22(21)29-14-12-19-15-20(25-24-19)18-11-13-26(16-18)23(27)17-7-3-2-4-8-17/h2-10,18-20,24-25H,11-16H2,1H3. The van der Waals surface area contributed by atoms with Gasteiger partial charge in [-0.05, 0) is 49.4 Å². The second-order valence-electron chi connectivity index (χ2n) is 7.78. The Labute approximate surface area is 172 Å². The van der Waals surface area contributed by atoms with E-state index in [1.54, 1.807) is 7.11 Å². The van der Waals surface area contributed by atoms with Gasteiger partial charge in [0.1, 0.15) is 0 Å². The molecule has 2 aliphatic rings. The minimum Gasteiger partial charge on any atom is -0.493 e. The van der Waals surface area contributed by atoms with Gasteiger partial charge >= 0.3 is 0 Å². The molecule has 2 aliphatic heterocycles. The molecule has 2 aromatic carbocycles. The quantitative estimate of drug-likeness (QED) is 0.755. The second kappa shape index (κ2) is 9.29. The fourth-order valence-electron chi connectivity index (χ4n) is 4.26. The molecule has 0 radical (unpaired) electrons. The van der Waals surface area contributed by atoms with Gasteiger partial charge in [0.2, 0.25) is 0 Å². The molecule has 2 N–H and O–H groups in total. The Hall–Kier alpha value is -2.57. The number of nitrogens with zero attached hydrogens (tertiary/aromatic N) is 1. The molecule has 2 fully saturated rings. The van der Waals surface area contributed by atoms with Crippen molar-refractivity contribution in [2.45, 2.75) is 31.3 Å². The van der Waals surface area contributed by atoms with Gasteiger partial charge in [0.25, 0.3) is 5.91 Å². The van der Waals surface area contributed by atoms with Crippen LogP contribution in [-0.4, -0.2) is 49.7 Å².